The van der Waals surface area contributed by atoms with Crippen molar-refractivity contribution in [3.63, 3.8) is 0 Å². The number of hydrogen-bond acceptors (Lipinski definition) is 4. The third kappa shape index (κ3) is 2.47. The van der Waals surface area contributed by atoms with Gasteiger partial charge in [0.1, 0.15) is 5.01 Å². The summed E-state index contributed by atoms with van der Waals surface area (Å²) in [6.45, 7) is 0. The van der Waals surface area contributed by atoms with Gasteiger partial charge in [-0.05, 0) is 37.0 Å². The number of nitrogens with zero attached hydrogens (tertiary/aromatic N) is 1. The molecular weight excluding hydrogens is 296 g/mol. The van der Waals surface area contributed by atoms with Crippen LogP contribution in [0.4, 0.5) is 5.00 Å². The van der Waals surface area contributed by atoms with E-state index in [1.54, 1.807) is 22.7 Å². The Kier molecular flexibility index (Phi) is 3.43. The van der Waals surface area contributed by atoms with E-state index in [1.807, 2.05) is 6.07 Å². The van der Waals surface area contributed by atoms with Gasteiger partial charge in [0.05, 0.1) is 15.2 Å². The molecular formula is C17H18N2S2. The molecule has 4 heteroatoms. The first-order valence-corrected chi connectivity index (χ1v) is 9.20. The summed E-state index contributed by atoms with van der Waals surface area (Å²) in [5, 5.41) is 1.99. The zero-order valence-corrected chi connectivity index (χ0v) is 13.5. The second kappa shape index (κ2) is 5.43. The molecule has 1 aliphatic carbocycles. The number of nitrogen functional groups attached to an aromatic ring is 1. The Morgan fingerprint density at radius 3 is 2.67 bits per heavy atom. The molecule has 4 rings (SSSR count). The van der Waals surface area contributed by atoms with Crippen LogP contribution in [0.2, 0.25) is 0 Å². The summed E-state index contributed by atoms with van der Waals surface area (Å²) in [6, 6.07) is 10.6. The number of fused-ring (bicyclic) bond motifs is 1. The molecule has 1 aromatic carbocycles. The number of nitrogens with two attached hydrogens (primary N) is 1. The highest BCUT2D eigenvalue weighted by molar-refractivity contribution is 7.22. The zero-order chi connectivity index (χ0) is 14.2. The van der Waals surface area contributed by atoms with Gasteiger partial charge in [0.2, 0.25) is 0 Å². The Hall–Kier alpha value is -1.39. The van der Waals surface area contributed by atoms with Crippen LogP contribution in [-0.2, 0) is 0 Å². The van der Waals surface area contributed by atoms with E-state index in [0.717, 1.165) is 21.1 Å². The van der Waals surface area contributed by atoms with E-state index < -0.39 is 0 Å². The summed E-state index contributed by atoms with van der Waals surface area (Å²) >= 11 is 3.51. The van der Waals surface area contributed by atoms with Crippen LogP contribution in [0.3, 0.4) is 0 Å². The number of hydrogen-bond donors (Lipinski definition) is 1. The Balaban J connectivity index is 1.72. The average molecular weight is 314 g/mol. The lowest BCUT2D eigenvalue weighted by Gasteiger charge is -2.19. The molecule has 0 atom stereocenters. The van der Waals surface area contributed by atoms with Crippen LogP contribution >= 0.6 is 22.7 Å². The van der Waals surface area contributed by atoms with Crippen LogP contribution in [-0.4, -0.2) is 4.98 Å². The summed E-state index contributed by atoms with van der Waals surface area (Å²) in [6.07, 6.45) is 6.75. The fourth-order valence-electron chi connectivity index (χ4n) is 3.17. The molecule has 3 aromatic rings. The summed E-state index contributed by atoms with van der Waals surface area (Å²) in [4.78, 5) is 6.21. The van der Waals surface area contributed by atoms with E-state index in [1.165, 1.54) is 41.7 Å². The van der Waals surface area contributed by atoms with Crippen molar-refractivity contribution in [1.82, 2.24) is 4.98 Å². The quantitative estimate of drug-likeness (QED) is 0.663. The molecule has 0 saturated heterocycles. The maximum Gasteiger partial charge on any atom is 0.127 e. The Bertz CT molecular complexity index is 733. The van der Waals surface area contributed by atoms with E-state index in [9.17, 15) is 0 Å². The maximum absolute atomic E-state index is 6.29. The zero-order valence-electron chi connectivity index (χ0n) is 11.8. The minimum Gasteiger partial charge on any atom is -0.390 e. The fraction of sp³-hybridized carbons (Fsp3) is 0.353. The van der Waals surface area contributed by atoms with Crippen LogP contribution in [0.15, 0.2) is 30.3 Å². The van der Waals surface area contributed by atoms with Crippen molar-refractivity contribution < 1.29 is 0 Å². The van der Waals surface area contributed by atoms with E-state index >= 15 is 0 Å². The molecule has 2 heterocycles. The van der Waals surface area contributed by atoms with Crippen molar-refractivity contribution in [3.8, 4) is 10.6 Å². The minimum absolute atomic E-state index is 0.717. The molecule has 0 radical (unpaired) electrons. The molecule has 21 heavy (non-hydrogen) atoms. The van der Waals surface area contributed by atoms with Crippen LogP contribution in [0.25, 0.3) is 20.8 Å². The van der Waals surface area contributed by atoms with E-state index in [4.69, 9.17) is 10.7 Å². The number of rotatable bonds is 2. The topological polar surface area (TPSA) is 38.9 Å². The number of thiophene rings is 1. The number of anilines is 1. The van der Waals surface area contributed by atoms with Crippen molar-refractivity contribution in [2.24, 2.45) is 0 Å². The van der Waals surface area contributed by atoms with E-state index in [0.29, 0.717) is 5.92 Å². The molecule has 2 N–H and O–H groups in total. The standard InChI is InChI=1S/C17H18N2S2/c18-16-12(10-15(20-16)11-6-2-1-3-7-11)17-19-13-8-4-5-9-14(13)21-17/h4-5,8-11H,1-3,6-7,18H2. The second-order valence-electron chi connectivity index (χ2n) is 5.75. The molecule has 1 saturated carbocycles. The first-order valence-electron chi connectivity index (χ1n) is 7.56. The monoisotopic (exact) mass is 314 g/mol. The molecule has 0 unspecified atom stereocenters. The highest BCUT2D eigenvalue weighted by Crippen LogP contribution is 2.43. The van der Waals surface area contributed by atoms with Gasteiger partial charge in [-0.1, -0.05) is 31.4 Å². The highest BCUT2D eigenvalue weighted by Gasteiger charge is 2.20. The van der Waals surface area contributed by atoms with Gasteiger partial charge >= 0.3 is 0 Å². The van der Waals surface area contributed by atoms with E-state index in [2.05, 4.69) is 24.3 Å². The summed E-state index contributed by atoms with van der Waals surface area (Å²) in [5.41, 5.74) is 8.50. The van der Waals surface area contributed by atoms with Crippen molar-refractivity contribution in [2.45, 2.75) is 38.0 Å². The third-order valence-electron chi connectivity index (χ3n) is 4.31. The molecule has 1 aliphatic rings. The highest BCUT2D eigenvalue weighted by atomic mass is 32.1. The predicted molar refractivity (Wildman–Crippen MR) is 93.2 cm³/mol. The van der Waals surface area contributed by atoms with Gasteiger partial charge in [0.25, 0.3) is 0 Å². The van der Waals surface area contributed by atoms with Crippen molar-refractivity contribution in [3.05, 3.63) is 35.2 Å². The summed E-state index contributed by atoms with van der Waals surface area (Å²) in [5.74, 6) is 0.717. The van der Waals surface area contributed by atoms with Crippen LogP contribution in [0.5, 0.6) is 0 Å². The summed E-state index contributed by atoms with van der Waals surface area (Å²) < 4.78 is 1.23. The molecule has 1 fully saturated rings. The lowest BCUT2D eigenvalue weighted by Crippen LogP contribution is -2.02. The Morgan fingerprint density at radius 2 is 1.86 bits per heavy atom. The molecule has 2 aromatic heterocycles. The number of para-hydroxylation sites is 1. The molecule has 0 amide bonds. The minimum atomic E-state index is 0.717. The van der Waals surface area contributed by atoms with Gasteiger partial charge in [-0.15, -0.1) is 22.7 Å². The van der Waals surface area contributed by atoms with Gasteiger partial charge in [-0.2, -0.15) is 0 Å². The van der Waals surface area contributed by atoms with Gasteiger partial charge in [-0.25, -0.2) is 4.98 Å². The predicted octanol–water partition coefficient (Wildman–Crippen LogP) is 5.65. The smallest absolute Gasteiger partial charge is 0.127 e. The van der Waals surface area contributed by atoms with Gasteiger partial charge < -0.3 is 5.73 Å². The molecule has 108 valence electrons. The molecule has 0 bridgehead atoms. The normalized spacial score (nSPS) is 16.6. The van der Waals surface area contributed by atoms with Crippen molar-refractivity contribution in [2.75, 3.05) is 5.73 Å². The number of benzene rings is 1. The van der Waals surface area contributed by atoms with Gasteiger partial charge in [0.15, 0.2) is 0 Å². The van der Waals surface area contributed by atoms with Crippen LogP contribution in [0, 0.1) is 0 Å². The SMILES string of the molecule is Nc1sc(C2CCCCC2)cc1-c1nc2ccccc2s1. The van der Waals surface area contributed by atoms with Crippen LogP contribution in [0.1, 0.15) is 42.9 Å². The second-order valence-corrected chi connectivity index (χ2v) is 7.89. The average Bonchev–Trinajstić information content (AvgIpc) is 3.11. The summed E-state index contributed by atoms with van der Waals surface area (Å²) in [7, 11) is 0. The molecule has 0 spiro atoms. The molecule has 2 nitrogen and oxygen atoms in total. The lowest BCUT2D eigenvalue weighted by atomic mass is 9.88. The van der Waals surface area contributed by atoms with E-state index in [-0.39, 0.29) is 0 Å². The largest absolute Gasteiger partial charge is 0.390 e. The molecule has 0 aliphatic heterocycles. The van der Waals surface area contributed by atoms with Crippen molar-refractivity contribution in [1.29, 1.82) is 0 Å². The number of aromatic nitrogens is 1. The third-order valence-corrected chi connectivity index (χ3v) is 6.51. The Labute approximate surface area is 132 Å². The number of thiazole rings is 1. The first kappa shape index (κ1) is 13.3. The lowest BCUT2D eigenvalue weighted by molar-refractivity contribution is 0.448. The van der Waals surface area contributed by atoms with Crippen molar-refractivity contribution >= 4 is 37.9 Å². The fourth-order valence-corrected chi connectivity index (χ4v) is 5.33. The van der Waals surface area contributed by atoms with Gasteiger partial charge in [0, 0.05) is 10.4 Å². The Morgan fingerprint density at radius 1 is 1.05 bits per heavy atom. The first-order chi connectivity index (χ1) is 10.3. The maximum atomic E-state index is 6.29. The van der Waals surface area contributed by atoms with Crippen LogP contribution < -0.4 is 5.73 Å². The van der Waals surface area contributed by atoms with Gasteiger partial charge in [-0.3, -0.25) is 0 Å².